The lowest BCUT2D eigenvalue weighted by Crippen LogP contribution is -2.72. The molecule has 0 radical (unpaired) electrons. The summed E-state index contributed by atoms with van der Waals surface area (Å²) in [5, 5.41) is 0. The van der Waals surface area contributed by atoms with Gasteiger partial charge in [-0.25, -0.2) is 9.18 Å². The summed E-state index contributed by atoms with van der Waals surface area (Å²) in [6, 6.07) is 0. The van der Waals surface area contributed by atoms with Crippen molar-refractivity contribution in [3.05, 3.63) is 0 Å². The minimum Gasteiger partial charge on any atom is -0.391 e. The highest BCUT2D eigenvalue weighted by Gasteiger charge is 2.88. The lowest BCUT2D eigenvalue weighted by Gasteiger charge is -2.39. The summed E-state index contributed by atoms with van der Waals surface area (Å²) in [6.07, 6.45) is -13.2. The number of carbonyl (C=O) groups excluding carboxylic acids is 1. The second-order valence-corrected chi connectivity index (χ2v) is 9.41. The highest BCUT2D eigenvalue weighted by molar-refractivity contribution is 6.63. The minimum absolute atomic E-state index is 0.165. The molecule has 0 amide bonds. The van der Waals surface area contributed by atoms with Gasteiger partial charge in [0.1, 0.15) is 0 Å². The van der Waals surface area contributed by atoms with Crippen molar-refractivity contribution in [2.75, 3.05) is 21.3 Å². The van der Waals surface area contributed by atoms with Crippen LogP contribution >= 0.6 is 0 Å². The summed E-state index contributed by atoms with van der Waals surface area (Å²) in [5.41, 5.74) is -6.39. The molecule has 0 aliphatic carbocycles. The largest absolute Gasteiger partial charge is 0.581 e. The highest BCUT2D eigenvalue weighted by Crippen LogP contribution is 2.56. The van der Waals surface area contributed by atoms with Crippen molar-refractivity contribution in [3.8, 4) is 0 Å². The standard InChI is InChI=1S/C14H15F15O5Si/c1-5-6(15)8(16,17)10(20,21)11(22,23)9(18,19)7(30)34-13(26,27)12(24,25)14(28,29)35(31-2,32-3)33-4/h6H,5H2,1-4H3. The van der Waals surface area contributed by atoms with E-state index in [9.17, 15) is 70.7 Å². The van der Waals surface area contributed by atoms with Gasteiger partial charge in [0.05, 0.1) is 0 Å². The predicted molar refractivity (Wildman–Crippen MR) is 82.7 cm³/mol. The zero-order chi connectivity index (χ0) is 28.7. The SMILES string of the molecule is CCC(F)C(F)(F)C(F)(F)C(F)(F)C(F)(F)C(=O)OC(F)(F)C(F)(F)C(F)(F)[Si](OC)(OC)OC. The smallest absolute Gasteiger partial charge is 0.391 e. The van der Waals surface area contributed by atoms with Crippen LogP contribution in [0.25, 0.3) is 0 Å². The van der Waals surface area contributed by atoms with Crippen LogP contribution < -0.4 is 0 Å². The van der Waals surface area contributed by atoms with E-state index in [1.807, 2.05) is 4.74 Å². The number of ether oxygens (including phenoxy) is 1. The van der Waals surface area contributed by atoms with Crippen LogP contribution in [0.5, 0.6) is 0 Å². The first kappa shape index (κ1) is 33.5. The molecule has 0 aliphatic rings. The highest BCUT2D eigenvalue weighted by atomic mass is 28.4. The van der Waals surface area contributed by atoms with Gasteiger partial charge in [-0.2, -0.15) is 61.5 Å². The Hall–Kier alpha value is -1.48. The third kappa shape index (κ3) is 4.67. The summed E-state index contributed by atoms with van der Waals surface area (Å²) in [7, 11) is -5.75. The Kier molecular flexibility index (Phi) is 9.35. The summed E-state index contributed by atoms with van der Waals surface area (Å²) in [6.45, 7) is 0.366. The Morgan fingerprint density at radius 1 is 0.714 bits per heavy atom. The second kappa shape index (κ2) is 9.76. The molecular weight excluding hydrogens is 561 g/mol. The Bertz CT molecular complexity index is 748. The van der Waals surface area contributed by atoms with E-state index in [1.54, 1.807) is 0 Å². The monoisotopic (exact) mass is 576 g/mol. The maximum atomic E-state index is 14.1. The number of alkyl halides is 15. The molecule has 1 unspecified atom stereocenters. The molecule has 35 heavy (non-hydrogen) atoms. The van der Waals surface area contributed by atoms with Crippen LogP contribution in [0.2, 0.25) is 0 Å². The molecule has 0 rings (SSSR count). The summed E-state index contributed by atoms with van der Waals surface area (Å²) in [5.74, 6) is -41.5. The van der Waals surface area contributed by atoms with Crippen molar-refractivity contribution in [1.82, 2.24) is 0 Å². The van der Waals surface area contributed by atoms with Crippen molar-refractivity contribution < 1.29 is 88.7 Å². The summed E-state index contributed by atoms with van der Waals surface area (Å²) >= 11 is 0. The molecule has 0 aromatic heterocycles. The van der Waals surface area contributed by atoms with E-state index in [0.717, 1.165) is 0 Å². The molecule has 21 heteroatoms. The number of hydrogen-bond acceptors (Lipinski definition) is 5. The molecule has 0 saturated heterocycles. The van der Waals surface area contributed by atoms with Gasteiger partial charge in [0.2, 0.25) is 0 Å². The Morgan fingerprint density at radius 2 is 1.09 bits per heavy atom. The van der Waals surface area contributed by atoms with E-state index in [2.05, 4.69) is 13.3 Å². The first-order valence-corrected chi connectivity index (χ1v) is 10.2. The van der Waals surface area contributed by atoms with E-state index in [4.69, 9.17) is 0 Å². The minimum atomic E-state index is -7.78. The molecule has 210 valence electrons. The van der Waals surface area contributed by atoms with Crippen LogP contribution in [-0.4, -0.2) is 83.5 Å². The van der Waals surface area contributed by atoms with Crippen molar-refractivity contribution in [2.45, 2.75) is 60.8 Å². The van der Waals surface area contributed by atoms with Gasteiger partial charge in [-0.1, -0.05) is 6.92 Å². The van der Waals surface area contributed by atoms with Crippen LogP contribution in [0.15, 0.2) is 0 Å². The van der Waals surface area contributed by atoms with Crippen LogP contribution in [0.3, 0.4) is 0 Å². The molecule has 0 saturated carbocycles. The van der Waals surface area contributed by atoms with Crippen molar-refractivity contribution in [2.24, 2.45) is 0 Å². The topological polar surface area (TPSA) is 54.0 Å². The normalized spacial score (nSPS) is 16.3. The zero-order valence-electron chi connectivity index (χ0n) is 17.5. The lowest BCUT2D eigenvalue weighted by molar-refractivity contribution is -0.396. The Morgan fingerprint density at radius 3 is 1.40 bits per heavy atom. The van der Waals surface area contributed by atoms with E-state index < -0.39 is 68.6 Å². The van der Waals surface area contributed by atoms with Gasteiger partial charge in [-0.15, -0.1) is 0 Å². The first-order chi connectivity index (χ1) is 15.3. The Balaban J connectivity index is 6.47. The van der Waals surface area contributed by atoms with E-state index in [1.165, 1.54) is 0 Å². The number of carbonyl (C=O) groups is 1. The number of halogens is 15. The number of esters is 1. The van der Waals surface area contributed by atoms with Crippen LogP contribution in [0.1, 0.15) is 13.3 Å². The average molecular weight is 576 g/mol. The molecule has 5 nitrogen and oxygen atoms in total. The summed E-state index contributed by atoms with van der Waals surface area (Å²) < 4.78 is 218. The van der Waals surface area contributed by atoms with Gasteiger partial charge >= 0.3 is 56.0 Å². The van der Waals surface area contributed by atoms with E-state index in [0.29, 0.717) is 6.92 Å². The van der Waals surface area contributed by atoms with Gasteiger partial charge < -0.3 is 18.0 Å². The molecule has 0 fully saturated rings. The number of rotatable bonds is 13. The van der Waals surface area contributed by atoms with Gasteiger partial charge in [-0.3, -0.25) is 0 Å². The maximum Gasteiger partial charge on any atom is 0.581 e. The molecule has 0 aromatic carbocycles. The fourth-order valence-electron chi connectivity index (χ4n) is 2.24. The van der Waals surface area contributed by atoms with Gasteiger partial charge in [0.15, 0.2) is 6.17 Å². The third-order valence-corrected chi connectivity index (χ3v) is 7.08. The molecule has 0 N–H and O–H groups in total. The molecular formula is C14H15F15O5Si. The molecule has 0 bridgehead atoms. The van der Waals surface area contributed by atoms with Crippen molar-refractivity contribution in [3.63, 3.8) is 0 Å². The fourth-order valence-corrected chi connectivity index (χ4v) is 4.04. The Labute approximate surface area is 186 Å². The predicted octanol–water partition coefficient (Wildman–Crippen LogP) is 5.10. The number of hydrogen-bond donors (Lipinski definition) is 0. The maximum absolute atomic E-state index is 14.1. The average Bonchev–Trinajstić information content (AvgIpc) is 2.73. The van der Waals surface area contributed by atoms with E-state index in [-0.39, 0.29) is 21.3 Å². The van der Waals surface area contributed by atoms with Crippen LogP contribution in [0, 0.1) is 0 Å². The van der Waals surface area contributed by atoms with Gasteiger partial charge in [-0.05, 0) is 6.42 Å². The molecule has 0 spiro atoms. The fraction of sp³-hybridized carbons (Fsp3) is 0.929. The molecule has 0 heterocycles. The zero-order valence-corrected chi connectivity index (χ0v) is 18.5. The van der Waals surface area contributed by atoms with Crippen molar-refractivity contribution in [1.29, 1.82) is 0 Å². The van der Waals surface area contributed by atoms with Gasteiger partial charge in [0.25, 0.3) is 0 Å². The second-order valence-electron chi connectivity index (χ2n) is 6.45. The van der Waals surface area contributed by atoms with Crippen molar-refractivity contribution >= 4 is 14.8 Å². The molecule has 0 aromatic rings. The molecule has 1 atom stereocenters. The van der Waals surface area contributed by atoms with E-state index >= 15 is 0 Å². The van der Waals surface area contributed by atoms with Gasteiger partial charge in [0, 0.05) is 21.3 Å². The third-order valence-electron chi connectivity index (χ3n) is 4.39. The summed E-state index contributed by atoms with van der Waals surface area (Å²) in [4.78, 5) is 11.1. The van der Waals surface area contributed by atoms with Crippen LogP contribution in [0.4, 0.5) is 65.9 Å². The molecule has 0 aliphatic heterocycles. The quantitative estimate of drug-likeness (QED) is 0.174. The lowest BCUT2D eigenvalue weighted by atomic mass is 9.94. The first-order valence-electron chi connectivity index (χ1n) is 8.47. The van der Waals surface area contributed by atoms with Crippen LogP contribution in [-0.2, 0) is 22.8 Å².